The molecule has 2 aromatic carbocycles. The van der Waals surface area contributed by atoms with E-state index in [-0.39, 0.29) is 0 Å². The molecule has 0 spiro atoms. The average molecular weight is 331 g/mol. The first-order valence-corrected chi connectivity index (χ1v) is 7.59. The van der Waals surface area contributed by atoms with Gasteiger partial charge in [-0.05, 0) is 49.6 Å². The Morgan fingerprint density at radius 1 is 1.13 bits per heavy atom. The van der Waals surface area contributed by atoms with Gasteiger partial charge in [0, 0.05) is 5.02 Å². The molecule has 0 atom stereocenters. The summed E-state index contributed by atoms with van der Waals surface area (Å²) in [5.41, 5.74) is 4.77. The quantitative estimate of drug-likeness (QED) is 0.645. The van der Waals surface area contributed by atoms with Gasteiger partial charge in [0.15, 0.2) is 0 Å². The van der Waals surface area contributed by atoms with E-state index in [0.29, 0.717) is 5.02 Å². The number of ether oxygens (including phenoxy) is 1. The summed E-state index contributed by atoms with van der Waals surface area (Å²) in [7, 11) is 0. The van der Waals surface area contributed by atoms with Crippen molar-refractivity contribution < 1.29 is 9.53 Å². The Morgan fingerprint density at radius 2 is 1.83 bits per heavy atom. The van der Waals surface area contributed by atoms with E-state index in [0.717, 1.165) is 16.7 Å². The van der Waals surface area contributed by atoms with Crippen LogP contribution >= 0.6 is 11.6 Å². The fourth-order valence-corrected chi connectivity index (χ4v) is 2.08. The summed E-state index contributed by atoms with van der Waals surface area (Å²) in [6.45, 7) is 5.39. The molecule has 0 aliphatic carbocycles. The van der Waals surface area contributed by atoms with Gasteiger partial charge in [-0.25, -0.2) is 10.2 Å². The lowest BCUT2D eigenvalue weighted by Gasteiger charge is -2.18. The van der Waals surface area contributed by atoms with Crippen LogP contribution in [0.2, 0.25) is 5.02 Å². The molecule has 0 saturated heterocycles. The third-order valence-corrected chi connectivity index (χ3v) is 3.07. The zero-order chi connectivity index (χ0) is 16.9. The SMILES string of the molecule is CC(C)(C)OC(=O)NN=Cc1ccc(-c2cccc(Cl)c2)cc1. The standard InChI is InChI=1S/C18H19ClN2O2/c1-18(2,3)23-17(22)21-20-12-13-7-9-14(10-8-13)15-5-4-6-16(19)11-15/h4-12H,1-3H3,(H,21,22). The van der Waals surface area contributed by atoms with Gasteiger partial charge in [-0.15, -0.1) is 0 Å². The Balaban J connectivity index is 1.97. The lowest BCUT2D eigenvalue weighted by Crippen LogP contribution is -2.29. The van der Waals surface area contributed by atoms with Crippen LogP contribution in [0.5, 0.6) is 0 Å². The van der Waals surface area contributed by atoms with Crippen molar-refractivity contribution in [1.82, 2.24) is 5.43 Å². The van der Waals surface area contributed by atoms with Crippen molar-refractivity contribution in [2.24, 2.45) is 5.10 Å². The molecule has 2 rings (SSSR count). The molecule has 23 heavy (non-hydrogen) atoms. The first-order valence-electron chi connectivity index (χ1n) is 7.21. The average Bonchev–Trinajstić information content (AvgIpc) is 2.46. The highest BCUT2D eigenvalue weighted by Crippen LogP contribution is 2.22. The molecular weight excluding hydrogens is 312 g/mol. The number of carbonyl (C=O) groups excluding carboxylic acids is 1. The maximum atomic E-state index is 11.5. The van der Waals surface area contributed by atoms with Crippen LogP contribution in [0.4, 0.5) is 4.79 Å². The van der Waals surface area contributed by atoms with Crippen molar-refractivity contribution in [1.29, 1.82) is 0 Å². The minimum Gasteiger partial charge on any atom is -0.443 e. The van der Waals surface area contributed by atoms with Crippen molar-refractivity contribution in [2.45, 2.75) is 26.4 Å². The molecule has 0 heterocycles. The van der Waals surface area contributed by atoms with Crippen LogP contribution < -0.4 is 5.43 Å². The number of nitrogens with one attached hydrogen (secondary N) is 1. The maximum Gasteiger partial charge on any atom is 0.428 e. The van der Waals surface area contributed by atoms with Crippen molar-refractivity contribution >= 4 is 23.9 Å². The molecule has 0 aliphatic heterocycles. The van der Waals surface area contributed by atoms with Crippen LogP contribution in [0, 0.1) is 0 Å². The fourth-order valence-electron chi connectivity index (χ4n) is 1.89. The summed E-state index contributed by atoms with van der Waals surface area (Å²) < 4.78 is 5.09. The summed E-state index contributed by atoms with van der Waals surface area (Å²) in [4.78, 5) is 11.5. The van der Waals surface area contributed by atoms with Crippen molar-refractivity contribution in [3.63, 3.8) is 0 Å². The second-order valence-electron chi connectivity index (χ2n) is 6.00. The van der Waals surface area contributed by atoms with Crippen molar-refractivity contribution in [3.8, 4) is 11.1 Å². The van der Waals surface area contributed by atoms with Gasteiger partial charge in [-0.2, -0.15) is 5.10 Å². The van der Waals surface area contributed by atoms with E-state index in [2.05, 4.69) is 10.5 Å². The lowest BCUT2D eigenvalue weighted by molar-refractivity contribution is 0.0529. The summed E-state index contributed by atoms with van der Waals surface area (Å²) in [5.74, 6) is 0. The number of amides is 1. The monoisotopic (exact) mass is 330 g/mol. The van der Waals surface area contributed by atoms with E-state index in [9.17, 15) is 4.79 Å². The molecule has 0 unspecified atom stereocenters. The molecular formula is C18H19ClN2O2. The molecule has 0 saturated carbocycles. The third-order valence-electron chi connectivity index (χ3n) is 2.84. The van der Waals surface area contributed by atoms with Crippen LogP contribution in [-0.2, 0) is 4.74 Å². The summed E-state index contributed by atoms with van der Waals surface area (Å²) in [6.07, 6.45) is 0.982. The molecule has 0 bridgehead atoms. The molecule has 2 aromatic rings. The first kappa shape index (κ1) is 17.0. The Morgan fingerprint density at radius 3 is 2.43 bits per heavy atom. The number of halogens is 1. The largest absolute Gasteiger partial charge is 0.443 e. The van der Waals surface area contributed by atoms with E-state index < -0.39 is 11.7 Å². The van der Waals surface area contributed by atoms with E-state index in [4.69, 9.17) is 16.3 Å². The maximum absolute atomic E-state index is 11.5. The number of nitrogens with zero attached hydrogens (tertiary/aromatic N) is 1. The number of hydrogen-bond donors (Lipinski definition) is 1. The number of hydrazone groups is 1. The Bertz CT molecular complexity index is 704. The topological polar surface area (TPSA) is 50.7 Å². The third kappa shape index (κ3) is 5.75. The molecule has 120 valence electrons. The predicted octanol–water partition coefficient (Wildman–Crippen LogP) is 4.87. The Kier molecular flexibility index (Phi) is 5.40. The Labute approximate surface area is 141 Å². The molecule has 0 fully saturated rings. The second-order valence-corrected chi connectivity index (χ2v) is 6.44. The number of benzene rings is 2. The molecule has 4 nitrogen and oxygen atoms in total. The van der Waals surface area contributed by atoms with Gasteiger partial charge >= 0.3 is 6.09 Å². The number of rotatable bonds is 3. The fraction of sp³-hybridized carbons (Fsp3) is 0.222. The van der Waals surface area contributed by atoms with Gasteiger partial charge in [-0.1, -0.05) is 48.0 Å². The van der Waals surface area contributed by atoms with Crippen LogP contribution in [-0.4, -0.2) is 17.9 Å². The minimum absolute atomic E-state index is 0.543. The first-order chi connectivity index (χ1) is 10.8. The molecule has 1 amide bonds. The van der Waals surface area contributed by atoms with Crippen LogP contribution in [0.1, 0.15) is 26.3 Å². The van der Waals surface area contributed by atoms with E-state index >= 15 is 0 Å². The van der Waals surface area contributed by atoms with Gasteiger partial charge in [-0.3, -0.25) is 0 Å². The zero-order valence-electron chi connectivity index (χ0n) is 13.3. The van der Waals surface area contributed by atoms with Gasteiger partial charge in [0.25, 0.3) is 0 Å². The van der Waals surface area contributed by atoms with E-state index in [1.165, 1.54) is 0 Å². The van der Waals surface area contributed by atoms with Gasteiger partial charge in [0.2, 0.25) is 0 Å². The summed E-state index contributed by atoms with van der Waals surface area (Å²) >= 11 is 6.00. The molecule has 0 aliphatic rings. The van der Waals surface area contributed by atoms with Crippen LogP contribution in [0.25, 0.3) is 11.1 Å². The summed E-state index contributed by atoms with van der Waals surface area (Å²) in [6, 6.07) is 15.4. The number of carbonyl (C=O) groups is 1. The van der Waals surface area contributed by atoms with Crippen LogP contribution in [0.15, 0.2) is 53.6 Å². The lowest BCUT2D eigenvalue weighted by atomic mass is 10.0. The minimum atomic E-state index is -0.579. The molecule has 0 radical (unpaired) electrons. The summed E-state index contributed by atoms with van der Waals surface area (Å²) in [5, 5.41) is 4.57. The highest BCUT2D eigenvalue weighted by molar-refractivity contribution is 6.30. The van der Waals surface area contributed by atoms with Crippen LogP contribution in [0.3, 0.4) is 0 Å². The normalized spacial score (nSPS) is 11.5. The number of hydrogen-bond acceptors (Lipinski definition) is 3. The predicted molar refractivity (Wildman–Crippen MR) is 93.9 cm³/mol. The molecule has 5 heteroatoms. The van der Waals surface area contributed by atoms with Crippen molar-refractivity contribution in [2.75, 3.05) is 0 Å². The van der Waals surface area contributed by atoms with E-state index in [1.54, 1.807) is 27.0 Å². The molecule has 0 aromatic heterocycles. The van der Waals surface area contributed by atoms with E-state index in [1.807, 2.05) is 48.5 Å². The van der Waals surface area contributed by atoms with Gasteiger partial charge in [0.1, 0.15) is 5.60 Å². The van der Waals surface area contributed by atoms with Gasteiger partial charge < -0.3 is 4.74 Å². The second kappa shape index (κ2) is 7.29. The zero-order valence-corrected chi connectivity index (χ0v) is 14.1. The highest BCUT2D eigenvalue weighted by Gasteiger charge is 2.15. The van der Waals surface area contributed by atoms with Gasteiger partial charge in [0.05, 0.1) is 6.21 Å². The Hall–Kier alpha value is -2.33. The molecule has 1 N–H and O–H groups in total. The van der Waals surface area contributed by atoms with Crippen molar-refractivity contribution in [3.05, 3.63) is 59.1 Å². The smallest absolute Gasteiger partial charge is 0.428 e. The highest BCUT2D eigenvalue weighted by atomic mass is 35.5.